The molecule has 8 rings (SSSR count). The van der Waals surface area contributed by atoms with E-state index in [1.54, 1.807) is 59.3 Å². The molecule has 19 unspecified atom stereocenters. The van der Waals surface area contributed by atoms with Crippen LogP contribution in [0.1, 0.15) is 132 Å². The molecule has 2 aromatic heterocycles. The zero-order valence-electron chi connectivity index (χ0n) is 59.9. The largest absolute Gasteiger partial charge is 0.460 e. The highest BCUT2D eigenvalue weighted by atomic mass is 32.2. The number of thioether (sulfide) groups is 1. The van der Waals surface area contributed by atoms with E-state index in [4.69, 9.17) is 28.4 Å². The van der Waals surface area contributed by atoms with Crippen molar-refractivity contribution in [2.45, 2.75) is 221 Å². The minimum Gasteiger partial charge on any atom is -0.460 e. The van der Waals surface area contributed by atoms with Crippen molar-refractivity contribution in [1.29, 1.82) is 0 Å². The molecule has 0 radical (unpaired) electrons. The first-order chi connectivity index (χ1) is 48.2. The van der Waals surface area contributed by atoms with Gasteiger partial charge in [-0.25, -0.2) is 9.78 Å². The fourth-order valence-corrected chi connectivity index (χ4v) is 15.5. The van der Waals surface area contributed by atoms with E-state index in [2.05, 4.69) is 24.3 Å². The van der Waals surface area contributed by atoms with Crippen molar-refractivity contribution in [3.8, 4) is 11.3 Å². The summed E-state index contributed by atoms with van der Waals surface area (Å²) in [4.78, 5) is 76.4. The van der Waals surface area contributed by atoms with Gasteiger partial charge in [-0.2, -0.15) is 35.9 Å². The topological polar surface area (TPSA) is 343 Å². The number of piperidine rings is 1. The van der Waals surface area contributed by atoms with Crippen LogP contribution in [-0.4, -0.2) is 215 Å². The second kappa shape index (κ2) is 37.9. The number of aromatic nitrogens is 3. The number of rotatable bonds is 16. The highest BCUT2D eigenvalue weighted by Crippen LogP contribution is 2.41. The molecule has 2 saturated heterocycles. The van der Waals surface area contributed by atoms with Crippen LogP contribution in [0, 0.1) is 35.5 Å². The Labute approximate surface area is 599 Å². The summed E-state index contributed by atoms with van der Waals surface area (Å²) in [5.41, 5.74) is -1.93. The molecule has 2 bridgehead atoms. The number of ether oxygens (including phenoxy) is 6. The molecule has 2 saturated carbocycles. The van der Waals surface area contributed by atoms with Crippen LogP contribution in [0.15, 0.2) is 95.1 Å². The average molecular weight is 1480 g/mol. The Morgan fingerprint density at radius 3 is 2.26 bits per heavy atom. The van der Waals surface area contributed by atoms with E-state index in [1.807, 2.05) is 58.1 Å². The number of nitrogens with one attached hydrogen (secondary N) is 2. The van der Waals surface area contributed by atoms with E-state index in [0.717, 1.165) is 19.1 Å². The van der Waals surface area contributed by atoms with Crippen LogP contribution < -0.4 is 10.0 Å². The predicted octanol–water partition coefficient (Wildman–Crippen LogP) is 7.96. The average Bonchev–Trinajstić information content (AvgIpc) is 1.13. The summed E-state index contributed by atoms with van der Waals surface area (Å²) in [5, 5.41) is 60.9. The molecule has 5 heterocycles. The van der Waals surface area contributed by atoms with Gasteiger partial charge in [-0.3, -0.25) is 23.4 Å². The second-order valence-electron chi connectivity index (χ2n) is 27.7. The minimum absolute atomic E-state index is 0.0148. The van der Waals surface area contributed by atoms with Gasteiger partial charge in [0.25, 0.3) is 11.7 Å². The molecule has 1 aromatic carbocycles. The zero-order valence-corrected chi connectivity index (χ0v) is 61.5. The molecular formula is C72H103F3N6O19S2. The number of esters is 1. The smallest absolute Gasteiger partial charge is 0.446 e. The molecule has 1 amide bonds. The number of methoxy groups -OCH3 is 3. The molecule has 3 aliphatic heterocycles. The van der Waals surface area contributed by atoms with E-state index < -0.39 is 118 Å². The Kier molecular flexibility index (Phi) is 31.0. The quantitative estimate of drug-likeness (QED) is 0.0309. The number of halogens is 3. The van der Waals surface area contributed by atoms with Crippen LogP contribution in [0.5, 0.6) is 0 Å². The molecule has 4 fully saturated rings. The van der Waals surface area contributed by atoms with E-state index in [1.165, 1.54) is 40.9 Å². The summed E-state index contributed by atoms with van der Waals surface area (Å²) in [7, 11) is 1.47. The summed E-state index contributed by atoms with van der Waals surface area (Å²) < 4.78 is 105. The molecule has 19 atom stereocenters. The zero-order chi connectivity index (χ0) is 75.0. The number of carbonyl (C=O) groups is 5. The lowest BCUT2D eigenvalue weighted by Gasteiger charge is -2.42. The van der Waals surface area contributed by atoms with Gasteiger partial charge in [0.1, 0.15) is 42.1 Å². The number of amides is 1. The number of fused-ring (bicyclic) bond motifs is 4. The van der Waals surface area contributed by atoms with Crippen molar-refractivity contribution in [1.82, 2.24) is 24.2 Å². The van der Waals surface area contributed by atoms with Crippen molar-refractivity contribution >= 4 is 62.8 Å². The number of hydrogen-bond acceptors (Lipinski definition) is 23. The second-order valence-corrected chi connectivity index (χ2v) is 30.3. The number of anilines is 1. The third-order valence-corrected chi connectivity index (χ3v) is 21.9. The molecule has 7 N–H and O–H groups in total. The van der Waals surface area contributed by atoms with E-state index in [9.17, 15) is 71.1 Å². The molecule has 30 heteroatoms. The summed E-state index contributed by atoms with van der Waals surface area (Å²) in [6.45, 7) is 12.9. The standard InChI is InChI=1S/C53H83NO14.C19H20F3N5O5S2/c1-32-16-12-11-13-17-33(2)44(63-8)30-40-21-19-38(7)53(62,68-40)50(59)51(60)54-23-15-14-18-41(54)52(61)67-45(35(4)28-39-20-22-43(66-25-24-55)46(29-39)64-9)31-42(56)34(3)27-37(6)48(58)49(65-10)47(57)36(5)26-32;1-32-34(30,31)26-14-8-13(17(28)18(14)29)24-15-5-6-23-16-9-12(25-27(15)16)10-3-2-4-11(7-10)33-19(20,21)22/h11-13,16-17,27,32,34-36,38-41,43-46,48-49,55,58,62H,14-15,18-26,28-31H2,1-10H3;2-7,9,13-14,17-18,24,26,28-29H,8H2,1H3. The van der Waals surface area contributed by atoms with Gasteiger partial charge in [-0.05, 0) is 143 Å². The fourth-order valence-electron chi connectivity index (χ4n) is 14.2. The number of ketones is 3. The third kappa shape index (κ3) is 22.4. The first kappa shape index (κ1) is 83.4. The lowest BCUT2D eigenvalue weighted by Crippen LogP contribution is -2.61. The van der Waals surface area contributed by atoms with E-state index in [0.29, 0.717) is 86.1 Å². The number of allylic oxidation sites excluding steroid dienone is 6. The number of hydrogen-bond donors (Lipinski definition) is 7. The van der Waals surface area contributed by atoms with Crippen LogP contribution in [0.4, 0.5) is 19.0 Å². The van der Waals surface area contributed by atoms with Crippen molar-refractivity contribution in [2.24, 2.45) is 35.5 Å². The summed E-state index contributed by atoms with van der Waals surface area (Å²) >= 11 is -0.225. The lowest BCUT2D eigenvalue weighted by atomic mass is 9.78. The number of benzene rings is 1. The number of aliphatic hydroxyl groups excluding tert-OH is 4. The fraction of sp³-hybridized carbons (Fsp3) is 0.653. The first-order valence-corrected chi connectivity index (χ1v) is 37.1. The van der Waals surface area contributed by atoms with Gasteiger partial charge in [0.2, 0.25) is 5.79 Å². The van der Waals surface area contributed by atoms with E-state index >= 15 is 0 Å². The number of alkyl halides is 3. The first-order valence-electron chi connectivity index (χ1n) is 34.9. The van der Waals surface area contributed by atoms with Gasteiger partial charge in [0, 0.05) is 81.2 Å². The molecule has 0 spiro atoms. The van der Waals surface area contributed by atoms with Crippen molar-refractivity contribution in [3.63, 3.8) is 0 Å². The molecule has 102 heavy (non-hydrogen) atoms. The van der Waals surface area contributed by atoms with Crippen LogP contribution in [0.2, 0.25) is 0 Å². The highest BCUT2D eigenvalue weighted by Gasteiger charge is 2.53. The predicted molar refractivity (Wildman–Crippen MR) is 373 cm³/mol. The maximum absolute atomic E-state index is 14.5. The molecule has 2 aliphatic carbocycles. The summed E-state index contributed by atoms with van der Waals surface area (Å²) in [6.07, 6.45) is 10.8. The molecule has 5 aliphatic rings. The number of nitrogens with zero attached hydrogens (tertiary/aromatic N) is 4. The summed E-state index contributed by atoms with van der Waals surface area (Å²) in [5.74, 6) is -7.58. The van der Waals surface area contributed by atoms with E-state index in [-0.39, 0.29) is 97.2 Å². The monoisotopic (exact) mass is 1480 g/mol. The maximum Gasteiger partial charge on any atom is 0.446 e. The SMILES string of the molecule is COC1CC2CCC(C)C(O)(O2)C(=O)C(=O)N2CCCCC2C(=O)OC(C(C)CC2CCC(OCCO)C(OC)C2)CC(=O)C(C)C=C(C)C(O)C(OC)C(=O)C(C)CC(C)C=CC=CC=C1C.COS(=O)(=O)NC1CC(Nc2ccnc3cc(-c4cccc(SC(F)(F)F)c4)nn23)C(O)C1O. The van der Waals surface area contributed by atoms with Crippen LogP contribution in [-0.2, 0) is 66.9 Å². The molecule has 3 aromatic rings. The summed E-state index contributed by atoms with van der Waals surface area (Å²) in [6, 6.07) is 6.12. The molecule has 25 nitrogen and oxygen atoms in total. The van der Waals surface area contributed by atoms with Gasteiger partial charge in [0.15, 0.2) is 11.4 Å². The van der Waals surface area contributed by atoms with Gasteiger partial charge < -0.3 is 64.2 Å². The number of carbonyl (C=O) groups excluding carboxylic acids is 5. The van der Waals surface area contributed by atoms with Crippen molar-refractivity contribution in [2.75, 3.05) is 53.5 Å². The Bertz CT molecular complexity index is 3560. The Balaban J connectivity index is 0.000000355. The van der Waals surface area contributed by atoms with Gasteiger partial charge in [-0.1, -0.05) is 83.2 Å². The normalized spacial score (nSPS) is 32.3. The van der Waals surface area contributed by atoms with Crippen LogP contribution >= 0.6 is 11.8 Å². The molecular weight excluding hydrogens is 1370 g/mol. The Hall–Kier alpha value is -5.84. The number of cyclic esters (lactones) is 1. The highest BCUT2D eigenvalue weighted by molar-refractivity contribution is 8.00. The van der Waals surface area contributed by atoms with Gasteiger partial charge in [0.05, 0.1) is 68.6 Å². The van der Waals surface area contributed by atoms with Crippen molar-refractivity contribution < 1.29 is 104 Å². The lowest BCUT2D eigenvalue weighted by molar-refractivity contribution is -0.265. The molecule has 568 valence electrons. The Morgan fingerprint density at radius 1 is 0.843 bits per heavy atom. The third-order valence-electron chi connectivity index (χ3n) is 20.1. The van der Waals surface area contributed by atoms with Crippen molar-refractivity contribution in [3.05, 3.63) is 90.2 Å². The Morgan fingerprint density at radius 2 is 1.58 bits per heavy atom. The van der Waals surface area contributed by atoms with Gasteiger partial charge in [-0.15, -0.1) is 0 Å². The van der Waals surface area contributed by atoms with Crippen LogP contribution in [0.25, 0.3) is 16.9 Å². The van der Waals surface area contributed by atoms with Gasteiger partial charge >= 0.3 is 21.8 Å². The van der Waals surface area contributed by atoms with Crippen LogP contribution in [0.3, 0.4) is 0 Å². The number of aliphatic hydroxyl groups is 5. The number of Topliss-reactive ketones (excluding diaryl/α,β-unsaturated/α-hetero) is 3. The maximum atomic E-state index is 14.5. The minimum atomic E-state index is -4.42.